The molecular formula is C18H29IN6O3. The molecule has 0 saturated heterocycles. The summed E-state index contributed by atoms with van der Waals surface area (Å²) in [5, 5.41) is 7.45. The summed E-state index contributed by atoms with van der Waals surface area (Å²) >= 11 is 0. The Hall–Kier alpha value is -2.24. The Bertz CT molecular complexity index is 755. The van der Waals surface area contributed by atoms with Crippen molar-refractivity contribution in [2.75, 3.05) is 42.0 Å². The van der Waals surface area contributed by atoms with Gasteiger partial charge in [-0.1, -0.05) is 0 Å². The monoisotopic (exact) mass is 504 g/mol. The first kappa shape index (κ1) is 23.8. The van der Waals surface area contributed by atoms with Crippen LogP contribution in [0.2, 0.25) is 0 Å². The van der Waals surface area contributed by atoms with E-state index in [0.717, 1.165) is 28.8 Å². The van der Waals surface area contributed by atoms with Crippen molar-refractivity contribution in [3.63, 3.8) is 0 Å². The first-order chi connectivity index (χ1) is 13.0. The number of hydrogen-bond acceptors (Lipinski definition) is 6. The molecule has 1 heterocycles. The molecule has 0 aliphatic carbocycles. The number of aryl methyl sites for hydroxylation is 1. The molecule has 9 nitrogen and oxygen atoms in total. The molecular weight excluding hydrogens is 475 g/mol. The highest BCUT2D eigenvalue weighted by Crippen LogP contribution is 2.34. The predicted octanol–water partition coefficient (Wildman–Crippen LogP) is 1.71. The maximum Gasteiger partial charge on any atom is 0.193 e. The molecule has 1 N–H and O–H groups in total. The number of halogens is 1. The zero-order valence-electron chi connectivity index (χ0n) is 17.2. The standard InChI is InChI=1S/C18H28N6O3.HI/c1-19-18(23(2)11-17-21-12-22-24(17)3)20-8-7-14-15(26-5)9-13(25-4)10-16(14)27-6;/h9-10,12H,7-8,11H2,1-6H3,(H,19,20);1H. The number of guanidine groups is 1. The van der Waals surface area contributed by atoms with E-state index >= 15 is 0 Å². The molecule has 0 saturated carbocycles. The van der Waals surface area contributed by atoms with Gasteiger partial charge >= 0.3 is 0 Å². The van der Waals surface area contributed by atoms with Gasteiger partial charge in [0.25, 0.3) is 0 Å². The summed E-state index contributed by atoms with van der Waals surface area (Å²) in [4.78, 5) is 10.6. The van der Waals surface area contributed by atoms with Crippen LogP contribution in [0.5, 0.6) is 17.2 Å². The Morgan fingerprint density at radius 1 is 1.18 bits per heavy atom. The minimum atomic E-state index is 0. The molecule has 0 amide bonds. The Balaban J connectivity index is 0.00000392. The van der Waals surface area contributed by atoms with Gasteiger partial charge < -0.3 is 24.4 Å². The van der Waals surface area contributed by atoms with E-state index < -0.39 is 0 Å². The number of hydrogen-bond donors (Lipinski definition) is 1. The number of nitrogens with zero attached hydrogens (tertiary/aromatic N) is 5. The number of aliphatic imine (C=N–C) groups is 1. The van der Waals surface area contributed by atoms with Crippen molar-refractivity contribution < 1.29 is 14.2 Å². The molecule has 0 bridgehead atoms. The lowest BCUT2D eigenvalue weighted by Gasteiger charge is -2.22. The van der Waals surface area contributed by atoms with E-state index in [-0.39, 0.29) is 24.0 Å². The van der Waals surface area contributed by atoms with Crippen LogP contribution in [0.4, 0.5) is 0 Å². The van der Waals surface area contributed by atoms with Crippen LogP contribution in [-0.2, 0) is 20.0 Å². The topological polar surface area (TPSA) is 86.0 Å². The fourth-order valence-electron chi connectivity index (χ4n) is 2.76. The van der Waals surface area contributed by atoms with Crippen molar-refractivity contribution in [2.24, 2.45) is 12.0 Å². The van der Waals surface area contributed by atoms with Crippen molar-refractivity contribution in [1.82, 2.24) is 25.0 Å². The molecule has 0 unspecified atom stereocenters. The van der Waals surface area contributed by atoms with Crippen LogP contribution in [0.25, 0.3) is 0 Å². The van der Waals surface area contributed by atoms with E-state index in [4.69, 9.17) is 14.2 Å². The van der Waals surface area contributed by atoms with Gasteiger partial charge in [-0.15, -0.1) is 24.0 Å². The van der Waals surface area contributed by atoms with E-state index in [9.17, 15) is 0 Å². The van der Waals surface area contributed by atoms with Gasteiger partial charge in [-0.3, -0.25) is 9.67 Å². The highest BCUT2D eigenvalue weighted by molar-refractivity contribution is 14.0. The zero-order chi connectivity index (χ0) is 19.8. The molecule has 0 radical (unpaired) electrons. The van der Waals surface area contributed by atoms with E-state index in [1.54, 1.807) is 39.4 Å². The molecule has 156 valence electrons. The minimum absolute atomic E-state index is 0. The van der Waals surface area contributed by atoms with Crippen molar-refractivity contribution in [2.45, 2.75) is 13.0 Å². The molecule has 1 aromatic heterocycles. The number of ether oxygens (including phenoxy) is 3. The number of nitrogens with one attached hydrogen (secondary N) is 1. The molecule has 0 aliphatic heterocycles. The van der Waals surface area contributed by atoms with Gasteiger partial charge in [0, 0.05) is 45.4 Å². The quantitative estimate of drug-likeness (QED) is 0.333. The number of benzene rings is 1. The first-order valence-corrected chi connectivity index (χ1v) is 8.57. The van der Waals surface area contributed by atoms with Gasteiger partial charge in [0.15, 0.2) is 5.96 Å². The summed E-state index contributed by atoms with van der Waals surface area (Å²) in [5.41, 5.74) is 0.972. The summed E-state index contributed by atoms with van der Waals surface area (Å²) < 4.78 is 18.0. The van der Waals surface area contributed by atoms with Crippen molar-refractivity contribution in [3.05, 3.63) is 29.8 Å². The lowest BCUT2D eigenvalue weighted by atomic mass is 10.1. The lowest BCUT2D eigenvalue weighted by molar-refractivity contribution is 0.368. The maximum atomic E-state index is 5.50. The molecule has 2 rings (SSSR count). The second-order valence-corrected chi connectivity index (χ2v) is 5.89. The highest BCUT2D eigenvalue weighted by atomic mass is 127. The third-order valence-corrected chi connectivity index (χ3v) is 4.23. The third kappa shape index (κ3) is 5.88. The SMILES string of the molecule is CN=C(NCCc1c(OC)cc(OC)cc1OC)N(C)Cc1ncnn1C.I. The van der Waals surface area contributed by atoms with Crippen LogP contribution in [0, 0.1) is 0 Å². The summed E-state index contributed by atoms with van der Waals surface area (Å²) in [5.74, 6) is 3.79. The molecule has 28 heavy (non-hydrogen) atoms. The van der Waals surface area contributed by atoms with Crippen molar-refractivity contribution in [1.29, 1.82) is 0 Å². The average Bonchev–Trinajstić information content (AvgIpc) is 3.09. The van der Waals surface area contributed by atoms with Crippen LogP contribution in [0.3, 0.4) is 0 Å². The highest BCUT2D eigenvalue weighted by Gasteiger charge is 2.14. The van der Waals surface area contributed by atoms with Gasteiger partial charge in [-0.25, -0.2) is 4.98 Å². The second-order valence-electron chi connectivity index (χ2n) is 5.89. The van der Waals surface area contributed by atoms with Crippen LogP contribution in [0.15, 0.2) is 23.5 Å². The van der Waals surface area contributed by atoms with Gasteiger partial charge in [0.2, 0.25) is 0 Å². The maximum absolute atomic E-state index is 5.50. The Kier molecular flexibility index (Phi) is 9.83. The Morgan fingerprint density at radius 3 is 2.29 bits per heavy atom. The molecule has 0 atom stereocenters. The smallest absolute Gasteiger partial charge is 0.193 e. The first-order valence-electron chi connectivity index (χ1n) is 8.57. The van der Waals surface area contributed by atoms with E-state index in [0.29, 0.717) is 25.3 Å². The normalized spacial score (nSPS) is 10.9. The summed E-state index contributed by atoms with van der Waals surface area (Å²) in [6, 6.07) is 3.71. The summed E-state index contributed by atoms with van der Waals surface area (Å²) in [7, 11) is 10.5. The van der Waals surface area contributed by atoms with E-state index in [1.165, 1.54) is 0 Å². The van der Waals surface area contributed by atoms with Crippen molar-refractivity contribution in [3.8, 4) is 17.2 Å². The van der Waals surface area contributed by atoms with Crippen LogP contribution in [0.1, 0.15) is 11.4 Å². The van der Waals surface area contributed by atoms with Gasteiger partial charge in [-0.05, 0) is 6.42 Å². The van der Waals surface area contributed by atoms with Gasteiger partial charge in [0.05, 0.1) is 27.9 Å². The number of rotatable bonds is 8. The molecule has 1 aromatic carbocycles. The van der Waals surface area contributed by atoms with E-state index in [1.807, 2.05) is 31.1 Å². The number of aromatic nitrogens is 3. The predicted molar refractivity (Wildman–Crippen MR) is 119 cm³/mol. The van der Waals surface area contributed by atoms with Crippen LogP contribution < -0.4 is 19.5 Å². The fourth-order valence-corrected chi connectivity index (χ4v) is 2.76. The second kappa shape index (κ2) is 11.6. The Labute approximate surface area is 183 Å². The van der Waals surface area contributed by atoms with Crippen molar-refractivity contribution >= 4 is 29.9 Å². The molecule has 0 spiro atoms. The number of methoxy groups -OCH3 is 3. The summed E-state index contributed by atoms with van der Waals surface area (Å²) in [6.07, 6.45) is 2.24. The third-order valence-electron chi connectivity index (χ3n) is 4.23. The molecule has 0 fully saturated rings. The molecule has 2 aromatic rings. The zero-order valence-corrected chi connectivity index (χ0v) is 19.6. The fraction of sp³-hybridized carbons (Fsp3) is 0.500. The molecule has 0 aliphatic rings. The van der Waals surface area contributed by atoms with E-state index in [2.05, 4.69) is 20.4 Å². The average molecular weight is 504 g/mol. The molecule has 10 heteroatoms. The summed E-state index contributed by atoms with van der Waals surface area (Å²) in [6.45, 7) is 1.26. The van der Waals surface area contributed by atoms with Crippen LogP contribution >= 0.6 is 24.0 Å². The lowest BCUT2D eigenvalue weighted by Crippen LogP contribution is -2.39. The minimum Gasteiger partial charge on any atom is -0.496 e. The Morgan fingerprint density at radius 2 is 1.82 bits per heavy atom. The largest absolute Gasteiger partial charge is 0.496 e. The van der Waals surface area contributed by atoms with Gasteiger partial charge in [0.1, 0.15) is 29.4 Å². The van der Waals surface area contributed by atoms with Crippen LogP contribution in [-0.4, -0.2) is 67.6 Å². The van der Waals surface area contributed by atoms with Gasteiger partial charge in [-0.2, -0.15) is 5.10 Å².